The summed E-state index contributed by atoms with van der Waals surface area (Å²) in [5.41, 5.74) is -0.111. The standard InChI is InChI=1S/C26H34N2O7Si/c1-25(2,3)26(18-34-36(4)5)15-22(35-23(29)20-9-7-6-8-10-20)16-27(26)24(30)33-17-19-11-13-21(14-12-19)28(31)32/h6-14,22,36H,15-18H2,1-5H3/t22-,26-/m1/s1. The van der Waals surface area contributed by atoms with E-state index in [-0.39, 0.29) is 18.8 Å². The molecule has 194 valence electrons. The summed E-state index contributed by atoms with van der Waals surface area (Å²) in [5.74, 6) is -0.441. The molecule has 9 nitrogen and oxygen atoms in total. The summed E-state index contributed by atoms with van der Waals surface area (Å²) in [6.45, 7) is 10.7. The predicted molar refractivity (Wildman–Crippen MR) is 137 cm³/mol. The second kappa shape index (κ2) is 11.2. The maximum atomic E-state index is 13.4. The van der Waals surface area contributed by atoms with Gasteiger partial charge in [0.15, 0.2) is 9.04 Å². The summed E-state index contributed by atoms with van der Waals surface area (Å²) >= 11 is 0. The molecule has 1 aliphatic rings. The number of nitrogens with zero attached hydrogens (tertiary/aromatic N) is 2. The van der Waals surface area contributed by atoms with Crippen LogP contribution in [0.3, 0.4) is 0 Å². The van der Waals surface area contributed by atoms with Crippen molar-refractivity contribution in [2.75, 3.05) is 13.2 Å². The molecule has 1 fully saturated rings. The molecule has 1 heterocycles. The Kier molecular flexibility index (Phi) is 8.52. The summed E-state index contributed by atoms with van der Waals surface area (Å²) in [6, 6.07) is 14.6. The van der Waals surface area contributed by atoms with E-state index in [1.165, 1.54) is 12.1 Å². The summed E-state index contributed by atoms with van der Waals surface area (Å²) in [6.07, 6.45) is -0.653. The third-order valence-electron chi connectivity index (χ3n) is 6.53. The Labute approximate surface area is 213 Å². The van der Waals surface area contributed by atoms with Crippen LogP contribution in [-0.4, -0.2) is 55.7 Å². The van der Waals surface area contributed by atoms with Gasteiger partial charge in [0.25, 0.3) is 5.69 Å². The van der Waals surface area contributed by atoms with Crippen molar-refractivity contribution in [1.82, 2.24) is 4.90 Å². The van der Waals surface area contributed by atoms with Crippen molar-refractivity contribution in [1.29, 1.82) is 0 Å². The molecule has 10 heteroatoms. The number of ether oxygens (including phenoxy) is 2. The van der Waals surface area contributed by atoms with Gasteiger partial charge in [-0.25, -0.2) is 9.59 Å². The average Bonchev–Trinajstić information content (AvgIpc) is 3.21. The highest BCUT2D eigenvalue weighted by Gasteiger charge is 2.56. The van der Waals surface area contributed by atoms with Crippen LogP contribution in [0.1, 0.15) is 43.1 Å². The van der Waals surface area contributed by atoms with Crippen molar-refractivity contribution in [3.05, 3.63) is 75.8 Å². The van der Waals surface area contributed by atoms with Crippen LogP contribution in [-0.2, 0) is 20.5 Å². The van der Waals surface area contributed by atoms with E-state index in [0.29, 0.717) is 24.2 Å². The van der Waals surface area contributed by atoms with Gasteiger partial charge < -0.3 is 13.9 Å². The van der Waals surface area contributed by atoms with Crippen LogP contribution >= 0.6 is 0 Å². The van der Waals surface area contributed by atoms with Crippen LogP contribution < -0.4 is 0 Å². The zero-order valence-corrected chi connectivity index (χ0v) is 22.6. The molecule has 0 aromatic heterocycles. The molecule has 0 unspecified atom stereocenters. The van der Waals surface area contributed by atoms with Gasteiger partial charge in [-0.05, 0) is 48.3 Å². The number of carbonyl (C=O) groups excluding carboxylic acids is 2. The number of non-ortho nitro benzene ring substituents is 1. The minimum Gasteiger partial charge on any atom is -0.457 e. The number of benzene rings is 2. The molecule has 1 saturated heterocycles. The first-order chi connectivity index (χ1) is 16.9. The van der Waals surface area contributed by atoms with Gasteiger partial charge in [0.05, 0.1) is 29.2 Å². The molecule has 0 saturated carbocycles. The SMILES string of the molecule is C[SiH](C)OC[C@@]1(C(C)(C)C)C[C@@H](OC(=O)c2ccccc2)CN1C(=O)OCc1ccc([N+](=O)[O-])cc1. The molecule has 0 N–H and O–H groups in total. The number of esters is 1. The highest BCUT2D eigenvalue weighted by atomic mass is 28.3. The van der Waals surface area contributed by atoms with E-state index in [4.69, 9.17) is 13.9 Å². The van der Waals surface area contributed by atoms with Gasteiger partial charge in [-0.2, -0.15) is 0 Å². The summed E-state index contributed by atoms with van der Waals surface area (Å²) in [4.78, 5) is 38.2. The van der Waals surface area contributed by atoms with E-state index in [9.17, 15) is 19.7 Å². The average molecular weight is 515 g/mol. The van der Waals surface area contributed by atoms with E-state index in [1.54, 1.807) is 41.3 Å². The molecule has 0 spiro atoms. The van der Waals surface area contributed by atoms with Crippen molar-refractivity contribution in [2.24, 2.45) is 5.41 Å². The van der Waals surface area contributed by atoms with Gasteiger partial charge in [0.2, 0.25) is 0 Å². The number of amides is 1. The number of hydrogen-bond acceptors (Lipinski definition) is 7. The van der Waals surface area contributed by atoms with Crippen molar-refractivity contribution in [3.63, 3.8) is 0 Å². The molecule has 1 amide bonds. The fourth-order valence-electron chi connectivity index (χ4n) is 4.36. The van der Waals surface area contributed by atoms with E-state index in [2.05, 4.69) is 13.1 Å². The third-order valence-corrected chi connectivity index (χ3v) is 7.37. The quantitative estimate of drug-likeness (QED) is 0.212. The molecule has 0 radical (unpaired) electrons. The van der Waals surface area contributed by atoms with E-state index in [1.807, 2.05) is 26.8 Å². The molecule has 2 aromatic rings. The maximum absolute atomic E-state index is 13.4. The number of rotatable bonds is 8. The summed E-state index contributed by atoms with van der Waals surface area (Å²) < 4.78 is 17.6. The van der Waals surface area contributed by atoms with E-state index < -0.39 is 43.1 Å². The molecule has 2 atom stereocenters. The molecular formula is C26H34N2O7Si. The lowest BCUT2D eigenvalue weighted by molar-refractivity contribution is -0.384. The lowest BCUT2D eigenvalue weighted by Gasteiger charge is -2.47. The van der Waals surface area contributed by atoms with Gasteiger partial charge in [0.1, 0.15) is 12.7 Å². The predicted octanol–water partition coefficient (Wildman–Crippen LogP) is 4.95. The van der Waals surface area contributed by atoms with E-state index >= 15 is 0 Å². The Hall–Kier alpha value is -3.24. The minimum absolute atomic E-state index is 0.0329. The van der Waals surface area contributed by atoms with E-state index in [0.717, 1.165) is 0 Å². The van der Waals surface area contributed by atoms with Crippen molar-refractivity contribution >= 4 is 26.8 Å². The molecule has 3 rings (SSSR count). The minimum atomic E-state index is -1.42. The van der Waals surface area contributed by atoms with Crippen LogP contribution in [0.2, 0.25) is 13.1 Å². The first-order valence-corrected chi connectivity index (χ1v) is 14.8. The lowest BCUT2D eigenvalue weighted by Crippen LogP contribution is -2.59. The molecule has 1 aliphatic heterocycles. The first-order valence-electron chi connectivity index (χ1n) is 12.0. The highest BCUT2D eigenvalue weighted by molar-refractivity contribution is 6.48. The molecule has 0 bridgehead atoms. The smallest absolute Gasteiger partial charge is 0.410 e. The normalized spacial score (nSPS) is 19.8. The Morgan fingerprint density at radius 2 is 1.75 bits per heavy atom. The largest absolute Gasteiger partial charge is 0.457 e. The Balaban J connectivity index is 1.81. The van der Waals surface area contributed by atoms with Crippen LogP contribution in [0.5, 0.6) is 0 Å². The first kappa shape index (κ1) is 27.3. The second-order valence-electron chi connectivity index (χ2n) is 10.3. The number of likely N-dealkylation sites (tertiary alicyclic amines) is 1. The Morgan fingerprint density at radius 1 is 1.11 bits per heavy atom. The maximum Gasteiger partial charge on any atom is 0.410 e. The topological polar surface area (TPSA) is 108 Å². The van der Waals surface area contributed by atoms with Crippen molar-refractivity contribution < 1.29 is 28.4 Å². The van der Waals surface area contributed by atoms with Crippen molar-refractivity contribution in [2.45, 2.75) is 58.5 Å². The number of nitro groups is 1. The summed E-state index contributed by atoms with van der Waals surface area (Å²) in [7, 11) is -1.42. The molecule has 2 aromatic carbocycles. The van der Waals surface area contributed by atoms with Gasteiger partial charge in [-0.3, -0.25) is 15.0 Å². The Bertz CT molecular complexity index is 1070. The lowest BCUT2D eigenvalue weighted by atomic mass is 9.72. The summed E-state index contributed by atoms with van der Waals surface area (Å²) in [5, 5.41) is 10.9. The fraction of sp³-hybridized carbons (Fsp3) is 0.462. The van der Waals surface area contributed by atoms with Gasteiger partial charge >= 0.3 is 12.1 Å². The fourth-order valence-corrected chi connectivity index (χ4v) is 4.97. The number of carbonyl (C=O) groups is 2. The number of hydrogen-bond donors (Lipinski definition) is 0. The van der Waals surface area contributed by atoms with Crippen molar-refractivity contribution in [3.8, 4) is 0 Å². The molecule has 36 heavy (non-hydrogen) atoms. The van der Waals surface area contributed by atoms with Gasteiger partial charge in [-0.15, -0.1) is 0 Å². The Morgan fingerprint density at radius 3 is 2.31 bits per heavy atom. The monoisotopic (exact) mass is 514 g/mol. The second-order valence-corrected chi connectivity index (χ2v) is 12.8. The molecular weight excluding hydrogens is 480 g/mol. The van der Waals surface area contributed by atoms with Crippen LogP contribution in [0.4, 0.5) is 10.5 Å². The highest BCUT2D eigenvalue weighted by Crippen LogP contribution is 2.45. The van der Waals surface area contributed by atoms with Crippen LogP contribution in [0.15, 0.2) is 54.6 Å². The molecule has 0 aliphatic carbocycles. The van der Waals surface area contributed by atoms with Gasteiger partial charge in [0, 0.05) is 18.6 Å². The zero-order chi connectivity index (χ0) is 26.5. The van der Waals surface area contributed by atoms with Gasteiger partial charge in [-0.1, -0.05) is 39.0 Å². The number of nitro benzene ring substituents is 1. The van der Waals surface area contributed by atoms with Crippen LogP contribution in [0, 0.1) is 15.5 Å². The zero-order valence-electron chi connectivity index (χ0n) is 21.4. The van der Waals surface area contributed by atoms with Crippen LogP contribution in [0.25, 0.3) is 0 Å². The third kappa shape index (κ3) is 6.30.